The summed E-state index contributed by atoms with van der Waals surface area (Å²) in [6.07, 6.45) is 6.25. The molecular formula is C97H154F4N12O27. The van der Waals surface area contributed by atoms with Crippen molar-refractivity contribution in [3.63, 3.8) is 0 Å². The monoisotopic (exact) mass is 2000 g/mol. The van der Waals surface area contributed by atoms with E-state index in [1.165, 1.54) is 11.4 Å². The van der Waals surface area contributed by atoms with E-state index in [0.29, 0.717) is 315 Å². The normalized spacial score (nSPS) is 13.4. The van der Waals surface area contributed by atoms with Crippen molar-refractivity contribution in [3.05, 3.63) is 77.4 Å². The molecule has 2 aliphatic rings. The summed E-state index contributed by atoms with van der Waals surface area (Å²) in [5.41, 5.74) is 20.1. The molecule has 6 N–H and O–H groups in total. The molecule has 43 heteroatoms. The summed E-state index contributed by atoms with van der Waals surface area (Å²) >= 11 is 0. The van der Waals surface area contributed by atoms with E-state index in [4.69, 9.17) is 135 Å². The van der Waals surface area contributed by atoms with E-state index < -0.39 is 41.4 Å². The Morgan fingerprint density at radius 3 is 0.814 bits per heavy atom. The molecule has 6 heterocycles. The highest BCUT2D eigenvalue weighted by molar-refractivity contribution is 6.08. The molecule has 39 nitrogen and oxygen atoms in total. The van der Waals surface area contributed by atoms with Crippen LogP contribution in [0, 0.1) is 23.3 Å². The van der Waals surface area contributed by atoms with Gasteiger partial charge in [0, 0.05) is 113 Å². The number of nitrogen functional groups attached to an aromatic ring is 2. The molecule has 2 saturated heterocycles. The predicted octanol–water partition coefficient (Wildman–Crippen LogP) is 8.25. The summed E-state index contributed by atoms with van der Waals surface area (Å²) in [5, 5.41) is 2.07. The van der Waals surface area contributed by atoms with Crippen molar-refractivity contribution in [1.82, 2.24) is 39.7 Å². The van der Waals surface area contributed by atoms with E-state index >= 15 is 0 Å². The van der Waals surface area contributed by atoms with Gasteiger partial charge in [0.15, 0.2) is 11.6 Å². The Morgan fingerprint density at radius 2 is 0.564 bits per heavy atom. The zero-order valence-electron chi connectivity index (χ0n) is 82.5. The van der Waals surface area contributed by atoms with Crippen LogP contribution in [0.5, 0.6) is 5.75 Å². The second-order valence-electron chi connectivity index (χ2n) is 32.2. The number of aromatic nitrogens is 6. The molecule has 7 aromatic rings. The third-order valence-corrected chi connectivity index (χ3v) is 21.6. The minimum absolute atomic E-state index is 0.0193. The molecule has 792 valence electrons. The van der Waals surface area contributed by atoms with E-state index in [-0.39, 0.29) is 31.7 Å². The van der Waals surface area contributed by atoms with Gasteiger partial charge >= 0.3 is 5.97 Å². The molecule has 0 saturated carbocycles. The number of aryl methyl sites for hydroxylation is 2. The number of imidazole rings is 2. The number of rotatable bonds is 87. The number of hydrogen-bond acceptors (Lipinski definition) is 37. The lowest BCUT2D eigenvalue weighted by atomic mass is 10.1. The number of aromatic amines is 2. The van der Waals surface area contributed by atoms with E-state index in [0.717, 1.165) is 159 Å². The number of hydrogen-bond donors (Lipinski definition) is 4. The summed E-state index contributed by atoms with van der Waals surface area (Å²) in [6, 6.07) is 12.8. The van der Waals surface area contributed by atoms with Crippen LogP contribution in [-0.2, 0) is 136 Å². The molecule has 0 amide bonds. The quantitative estimate of drug-likeness (QED) is 0.00916. The SMILES string of the molecule is CCCCc1nc2c([nH]1)c(N)nc1ccc(N3CCN(CCOCCOCCOCCOCCOCCOCCOCCOCCOCCOCCOCCOCCC(=O)Oc4c(F)c(F)cc(F)c4F)CC3)cc12.CCCCc1nc2c([nH]1)c(N)nc1ccc(N3CCN(CCOCCOCCOCCOCCOCCOCCOCCOCCOCCOCCOCCOCCC(C)=O)CC3)cc12. The number of halogens is 4. The number of anilines is 4. The predicted molar refractivity (Wildman–Crippen MR) is 518 cm³/mol. The lowest BCUT2D eigenvalue weighted by molar-refractivity contribution is -0.136. The molecule has 140 heavy (non-hydrogen) atoms. The molecule has 3 aromatic carbocycles. The highest BCUT2D eigenvalue weighted by atomic mass is 19.2. The summed E-state index contributed by atoms with van der Waals surface area (Å²) in [4.78, 5) is 58.1. The maximum Gasteiger partial charge on any atom is 0.313 e. The Morgan fingerprint density at radius 1 is 0.321 bits per heavy atom. The van der Waals surface area contributed by atoms with Gasteiger partial charge in [-0.2, -0.15) is 8.78 Å². The van der Waals surface area contributed by atoms with Crippen LogP contribution in [0.1, 0.15) is 70.9 Å². The Kier molecular flexibility index (Phi) is 64.0. The molecule has 2 aliphatic heterocycles. The number of ketones is 1. The van der Waals surface area contributed by atoms with Crippen LogP contribution in [0.2, 0.25) is 0 Å². The highest BCUT2D eigenvalue weighted by Gasteiger charge is 2.26. The standard InChI is InChI=1S/C51H76F4N6O14.C46H78N6O13/c1-2-3-4-44-58-48-40-37-39(5-6-43(40)57-51(56)49(48)59-44)61-10-8-60(9-11-61)12-14-64-16-18-66-20-22-68-24-26-70-28-30-72-32-34-74-36-35-73-33-31-71-29-27-69-25-23-67-21-19-65-17-15-63-13-7-45(62)75-50-46(54)41(52)38-42(53)47(50)55;1-3-4-5-43-49-44-41-38-40(6-7-42(41)48-46(47)45(44)50-43)52-11-9-51(10-12-52)13-15-55-17-19-57-21-23-59-25-27-61-29-31-63-33-35-65-37-36-64-34-32-62-30-28-60-26-24-58-22-20-56-18-16-54-14-8-39(2)53/h5-6,37-38H,2-4,7-36H2,1H3,(H2,56,57)(H,58,59);6-7,38H,3-5,8-37H2,1-2H3,(H2,47,48)(H,49,50). The van der Waals surface area contributed by atoms with Crippen molar-refractivity contribution in [2.45, 2.75) is 72.1 Å². The number of esters is 1. The molecule has 0 bridgehead atoms. The molecule has 9 rings (SSSR count). The van der Waals surface area contributed by atoms with Crippen molar-refractivity contribution in [2.24, 2.45) is 0 Å². The van der Waals surface area contributed by atoms with Gasteiger partial charge in [0.1, 0.15) is 51.1 Å². The van der Waals surface area contributed by atoms with Crippen molar-refractivity contribution in [1.29, 1.82) is 0 Å². The number of nitrogens with zero attached hydrogens (tertiary/aromatic N) is 8. The van der Waals surface area contributed by atoms with Crippen LogP contribution in [-0.4, -0.2) is 434 Å². The molecule has 0 atom stereocenters. The minimum atomic E-state index is -1.80. The zero-order valence-corrected chi connectivity index (χ0v) is 82.5. The van der Waals surface area contributed by atoms with Crippen LogP contribution >= 0.6 is 0 Å². The molecular weight excluding hydrogens is 1840 g/mol. The first-order valence-corrected chi connectivity index (χ1v) is 49.3. The average Bonchev–Trinajstić information content (AvgIpc) is 1.65. The fourth-order valence-electron chi connectivity index (χ4n) is 14.0. The Bertz CT molecular complexity index is 4350. The third kappa shape index (κ3) is 50.3. The van der Waals surface area contributed by atoms with Crippen LogP contribution in [0.4, 0.5) is 40.6 Å². The number of Topliss-reactive ketones (excluding diaryl/α,β-unsaturated/α-hetero) is 1. The minimum Gasteiger partial charge on any atom is -0.420 e. The molecule has 0 aliphatic carbocycles. The van der Waals surface area contributed by atoms with Crippen molar-refractivity contribution in [3.8, 4) is 5.75 Å². The first kappa shape index (κ1) is 118. The smallest absolute Gasteiger partial charge is 0.313 e. The number of carbonyl (C=O) groups is 2. The number of piperazine rings is 2. The third-order valence-electron chi connectivity index (χ3n) is 21.6. The number of fused-ring (bicyclic) bond motifs is 6. The number of ether oxygens (including phenoxy) is 25. The lowest BCUT2D eigenvalue weighted by Gasteiger charge is -2.36. The van der Waals surface area contributed by atoms with Crippen LogP contribution in [0.3, 0.4) is 0 Å². The number of nitrogens with one attached hydrogen (secondary N) is 2. The van der Waals surface area contributed by atoms with Crippen LogP contribution in [0.25, 0.3) is 43.9 Å². The first-order chi connectivity index (χ1) is 68.8. The Balaban J connectivity index is 0.000000347. The summed E-state index contributed by atoms with van der Waals surface area (Å²) in [7, 11) is 0. The number of benzene rings is 3. The van der Waals surface area contributed by atoms with Gasteiger partial charge in [-0.25, -0.2) is 28.7 Å². The number of nitrogens with two attached hydrogens (primary N) is 2. The average molecular weight is 2000 g/mol. The number of pyridine rings is 2. The first-order valence-electron chi connectivity index (χ1n) is 49.3. The highest BCUT2D eigenvalue weighted by Crippen LogP contribution is 2.33. The van der Waals surface area contributed by atoms with Gasteiger partial charge in [0.25, 0.3) is 0 Å². The maximum absolute atomic E-state index is 13.6. The second-order valence-corrected chi connectivity index (χ2v) is 32.2. The molecule has 0 spiro atoms. The van der Waals surface area contributed by atoms with Gasteiger partial charge < -0.3 is 150 Å². The van der Waals surface area contributed by atoms with Gasteiger partial charge in [-0.3, -0.25) is 19.4 Å². The second kappa shape index (κ2) is 76.1. The number of carbonyl (C=O) groups excluding carboxylic acids is 2. The van der Waals surface area contributed by atoms with Crippen molar-refractivity contribution in [2.75, 3.05) is 404 Å². The van der Waals surface area contributed by atoms with Gasteiger partial charge in [0.05, 0.1) is 335 Å². The van der Waals surface area contributed by atoms with E-state index in [9.17, 15) is 27.2 Å². The van der Waals surface area contributed by atoms with Gasteiger partial charge in [-0.15, -0.1) is 0 Å². The van der Waals surface area contributed by atoms with Crippen LogP contribution in [0.15, 0.2) is 42.5 Å². The van der Waals surface area contributed by atoms with Gasteiger partial charge in [-0.1, -0.05) is 26.7 Å². The van der Waals surface area contributed by atoms with Crippen molar-refractivity contribution < 1.29 is 146 Å². The summed E-state index contributed by atoms with van der Waals surface area (Å²) in [6.45, 7) is 37.3. The zero-order chi connectivity index (χ0) is 99.0. The lowest BCUT2D eigenvalue weighted by Crippen LogP contribution is -2.47. The Hall–Kier alpha value is -7.56. The summed E-state index contributed by atoms with van der Waals surface area (Å²) in [5.74, 6) is -6.44. The fraction of sp³-hybridized carbons (Fsp3) is 0.711. The molecule has 0 unspecified atom stereocenters. The van der Waals surface area contributed by atoms with Crippen molar-refractivity contribution >= 4 is 78.6 Å². The van der Waals surface area contributed by atoms with Gasteiger partial charge in [-0.05, 0) is 56.2 Å². The van der Waals surface area contributed by atoms with E-state index in [1.54, 1.807) is 6.92 Å². The summed E-state index contributed by atoms with van der Waals surface area (Å²) < 4.78 is 190. The molecule has 4 aromatic heterocycles. The van der Waals surface area contributed by atoms with E-state index in [1.807, 2.05) is 0 Å². The number of unbranched alkanes of at least 4 members (excludes halogenated alkanes) is 2. The van der Waals surface area contributed by atoms with E-state index in [2.05, 4.69) is 94.5 Å². The molecule has 0 radical (unpaired) electrons. The van der Waals surface area contributed by atoms with Gasteiger partial charge in [0.2, 0.25) is 17.4 Å². The number of H-pyrrole nitrogens is 2. The maximum atomic E-state index is 13.6. The Labute approximate surface area is 819 Å². The largest absolute Gasteiger partial charge is 0.420 e. The fourth-order valence-corrected chi connectivity index (χ4v) is 14.0. The topological polar surface area (TPSA) is 413 Å². The van der Waals surface area contributed by atoms with Crippen LogP contribution < -0.4 is 26.0 Å². The molecule has 2 fully saturated rings.